The molecule has 9 heteroatoms. The molecule has 0 radical (unpaired) electrons. The summed E-state index contributed by atoms with van der Waals surface area (Å²) in [5, 5.41) is 10.1. The molecular formula is C18H23ClFN5O2. The van der Waals surface area contributed by atoms with Crippen molar-refractivity contribution in [3.63, 3.8) is 0 Å². The fraction of sp³-hybridized carbons (Fsp3) is 0.389. The molecule has 0 bridgehead atoms. The number of rotatable bonds is 5. The Labute approximate surface area is 163 Å². The molecule has 2 aromatic rings. The number of nitrogens with zero attached hydrogens (tertiary/aromatic N) is 3. The van der Waals surface area contributed by atoms with Crippen molar-refractivity contribution in [1.82, 2.24) is 20.0 Å². The molecule has 1 aromatic carbocycles. The molecule has 0 saturated carbocycles. The van der Waals surface area contributed by atoms with Crippen LogP contribution >= 0.6 is 12.4 Å². The second kappa shape index (κ2) is 8.96. The first-order valence-electron chi connectivity index (χ1n) is 8.53. The van der Waals surface area contributed by atoms with Gasteiger partial charge in [-0.25, -0.2) is 4.39 Å². The zero-order chi connectivity index (χ0) is 18.6. The lowest BCUT2D eigenvalue weighted by Gasteiger charge is -2.39. The van der Waals surface area contributed by atoms with Gasteiger partial charge < -0.3 is 15.5 Å². The molecule has 1 aromatic heterocycles. The largest absolute Gasteiger partial charge is 0.334 e. The van der Waals surface area contributed by atoms with Crippen LogP contribution in [0.2, 0.25) is 0 Å². The molecule has 0 unspecified atom stereocenters. The van der Waals surface area contributed by atoms with Crippen LogP contribution in [0.3, 0.4) is 0 Å². The van der Waals surface area contributed by atoms with Gasteiger partial charge in [-0.1, -0.05) is 6.07 Å². The van der Waals surface area contributed by atoms with Gasteiger partial charge in [-0.15, -0.1) is 12.4 Å². The van der Waals surface area contributed by atoms with Gasteiger partial charge in [0.25, 0.3) is 5.91 Å². The molecule has 1 fully saturated rings. The van der Waals surface area contributed by atoms with Crippen LogP contribution in [0.4, 0.5) is 10.1 Å². The van der Waals surface area contributed by atoms with Gasteiger partial charge in [-0.3, -0.25) is 14.3 Å². The average molecular weight is 396 g/mol. The summed E-state index contributed by atoms with van der Waals surface area (Å²) < 4.78 is 14.9. The SMILES string of the molecule is CN(CC(=O)Nc1cccc(F)c1)C(=O)C1(n2cccn2)CCNCC1.Cl. The monoisotopic (exact) mass is 395 g/mol. The summed E-state index contributed by atoms with van der Waals surface area (Å²) in [5.41, 5.74) is -0.428. The maximum Gasteiger partial charge on any atom is 0.250 e. The highest BCUT2D eigenvalue weighted by atomic mass is 35.5. The number of benzene rings is 1. The smallest absolute Gasteiger partial charge is 0.250 e. The molecule has 3 rings (SSSR count). The van der Waals surface area contributed by atoms with Crippen LogP contribution in [-0.2, 0) is 15.1 Å². The topological polar surface area (TPSA) is 79.3 Å². The van der Waals surface area contributed by atoms with Crippen molar-refractivity contribution in [3.05, 3.63) is 48.5 Å². The number of halogens is 2. The van der Waals surface area contributed by atoms with Crippen molar-refractivity contribution in [2.75, 3.05) is 32.0 Å². The first-order valence-corrected chi connectivity index (χ1v) is 8.53. The van der Waals surface area contributed by atoms with E-state index < -0.39 is 11.4 Å². The second-order valence-electron chi connectivity index (χ2n) is 6.45. The zero-order valence-corrected chi connectivity index (χ0v) is 15.8. The molecule has 2 heterocycles. The van der Waals surface area contributed by atoms with E-state index in [2.05, 4.69) is 15.7 Å². The highest BCUT2D eigenvalue weighted by Gasteiger charge is 2.43. The van der Waals surface area contributed by atoms with Gasteiger partial charge in [0.1, 0.15) is 11.4 Å². The van der Waals surface area contributed by atoms with Crippen LogP contribution < -0.4 is 10.6 Å². The summed E-state index contributed by atoms with van der Waals surface area (Å²) in [6, 6.07) is 7.43. The normalized spacial score (nSPS) is 15.5. The highest BCUT2D eigenvalue weighted by molar-refractivity contribution is 5.95. The molecule has 0 atom stereocenters. The van der Waals surface area contributed by atoms with Crippen LogP contribution in [0, 0.1) is 5.82 Å². The third kappa shape index (κ3) is 4.64. The summed E-state index contributed by atoms with van der Waals surface area (Å²) in [5.74, 6) is -0.965. The van der Waals surface area contributed by atoms with Crippen molar-refractivity contribution < 1.29 is 14.0 Å². The standard InChI is InChI=1S/C18H22FN5O2.ClH/c1-23(13-16(25)22-15-5-2-4-14(19)12-15)17(26)18(6-9-20-10-7-18)24-11-3-8-21-24;/h2-5,8,11-12,20H,6-7,9-10,13H2,1H3,(H,22,25);1H. The quantitative estimate of drug-likeness (QED) is 0.806. The van der Waals surface area contributed by atoms with E-state index in [0.29, 0.717) is 31.6 Å². The molecule has 0 aliphatic carbocycles. The van der Waals surface area contributed by atoms with Crippen LogP contribution in [0.15, 0.2) is 42.7 Å². The van der Waals surface area contributed by atoms with Crippen LogP contribution in [0.25, 0.3) is 0 Å². The fourth-order valence-corrected chi connectivity index (χ4v) is 3.31. The molecule has 0 spiro atoms. The first kappa shape index (κ1) is 20.9. The molecule has 7 nitrogen and oxygen atoms in total. The van der Waals surface area contributed by atoms with E-state index in [9.17, 15) is 14.0 Å². The Hall–Kier alpha value is -2.45. The number of hydrogen-bond donors (Lipinski definition) is 2. The summed E-state index contributed by atoms with van der Waals surface area (Å²) >= 11 is 0. The fourth-order valence-electron chi connectivity index (χ4n) is 3.31. The van der Waals surface area contributed by atoms with Gasteiger partial charge in [0.2, 0.25) is 5.91 Å². The maximum absolute atomic E-state index is 13.2. The summed E-state index contributed by atoms with van der Waals surface area (Å²) in [4.78, 5) is 26.8. The Morgan fingerprint density at radius 1 is 1.33 bits per heavy atom. The predicted octanol–water partition coefficient (Wildman–Crippen LogP) is 1.62. The second-order valence-corrected chi connectivity index (χ2v) is 6.45. The molecule has 2 amide bonds. The van der Waals surface area contributed by atoms with Crippen LogP contribution in [0.1, 0.15) is 12.8 Å². The van der Waals surface area contributed by atoms with Crippen molar-refractivity contribution in [2.45, 2.75) is 18.4 Å². The third-order valence-electron chi connectivity index (χ3n) is 4.61. The zero-order valence-electron chi connectivity index (χ0n) is 15.0. The molecule has 1 aliphatic heterocycles. The minimum absolute atomic E-state index is 0. The summed E-state index contributed by atoms with van der Waals surface area (Å²) in [6.45, 7) is 1.29. The minimum Gasteiger partial charge on any atom is -0.334 e. The van der Waals surface area contributed by atoms with E-state index in [4.69, 9.17) is 0 Å². The maximum atomic E-state index is 13.2. The molecular weight excluding hydrogens is 373 g/mol. The Morgan fingerprint density at radius 3 is 2.70 bits per heavy atom. The Balaban J connectivity index is 0.00000261. The molecule has 1 saturated heterocycles. The van der Waals surface area contributed by atoms with E-state index in [1.165, 1.54) is 23.1 Å². The van der Waals surface area contributed by atoms with E-state index in [1.807, 2.05) is 0 Å². The van der Waals surface area contributed by atoms with Gasteiger partial charge in [0.15, 0.2) is 0 Å². The molecule has 2 N–H and O–H groups in total. The lowest BCUT2D eigenvalue weighted by atomic mass is 9.87. The van der Waals surface area contributed by atoms with Gasteiger partial charge in [-0.05, 0) is 50.2 Å². The lowest BCUT2D eigenvalue weighted by molar-refractivity contribution is -0.143. The van der Waals surface area contributed by atoms with Crippen molar-refractivity contribution >= 4 is 29.9 Å². The summed E-state index contributed by atoms with van der Waals surface area (Å²) in [6.07, 6.45) is 4.63. The number of amides is 2. The van der Waals surface area contributed by atoms with Crippen molar-refractivity contribution in [1.29, 1.82) is 0 Å². The number of anilines is 1. The van der Waals surface area contributed by atoms with E-state index in [1.54, 1.807) is 36.3 Å². The summed E-state index contributed by atoms with van der Waals surface area (Å²) in [7, 11) is 1.60. The van der Waals surface area contributed by atoms with Gasteiger partial charge >= 0.3 is 0 Å². The van der Waals surface area contributed by atoms with E-state index in [-0.39, 0.29) is 30.8 Å². The number of hydrogen-bond acceptors (Lipinski definition) is 4. The van der Waals surface area contributed by atoms with Crippen molar-refractivity contribution in [2.24, 2.45) is 0 Å². The average Bonchev–Trinajstić information content (AvgIpc) is 3.16. The third-order valence-corrected chi connectivity index (χ3v) is 4.61. The number of aromatic nitrogens is 2. The highest BCUT2D eigenvalue weighted by Crippen LogP contribution is 2.29. The first-order chi connectivity index (χ1) is 12.5. The number of nitrogens with one attached hydrogen (secondary N) is 2. The van der Waals surface area contributed by atoms with Gasteiger partial charge in [-0.2, -0.15) is 5.10 Å². The van der Waals surface area contributed by atoms with Gasteiger partial charge in [0.05, 0.1) is 6.54 Å². The number of likely N-dealkylation sites (N-methyl/N-ethyl adjacent to an activating group) is 1. The predicted molar refractivity (Wildman–Crippen MR) is 102 cm³/mol. The minimum atomic E-state index is -0.789. The Morgan fingerprint density at radius 2 is 2.07 bits per heavy atom. The van der Waals surface area contributed by atoms with E-state index in [0.717, 1.165) is 0 Å². The number of piperidine rings is 1. The molecule has 27 heavy (non-hydrogen) atoms. The Kier molecular flexibility index (Phi) is 6.92. The van der Waals surface area contributed by atoms with Crippen LogP contribution in [0.5, 0.6) is 0 Å². The number of carbonyl (C=O) groups is 2. The van der Waals surface area contributed by atoms with Crippen molar-refractivity contribution in [3.8, 4) is 0 Å². The van der Waals surface area contributed by atoms with E-state index >= 15 is 0 Å². The molecule has 146 valence electrons. The number of carbonyl (C=O) groups excluding carboxylic acids is 2. The Bertz CT molecular complexity index is 778. The van der Waals surface area contributed by atoms with Gasteiger partial charge in [0, 0.05) is 25.1 Å². The van der Waals surface area contributed by atoms with Crippen LogP contribution in [-0.4, -0.2) is 53.2 Å². The molecule has 1 aliphatic rings. The lowest BCUT2D eigenvalue weighted by Crippen LogP contribution is -2.55.